The highest BCUT2D eigenvalue weighted by molar-refractivity contribution is 5.61. The molecule has 102 valence electrons. The zero-order chi connectivity index (χ0) is 13.8. The molecule has 2 rings (SSSR count). The average Bonchev–Trinajstić information content (AvgIpc) is 2.90. The second kappa shape index (κ2) is 5.86. The van der Waals surface area contributed by atoms with Crippen LogP contribution in [0.25, 0.3) is 11.3 Å². The third-order valence-corrected chi connectivity index (χ3v) is 2.93. The number of nitrogens with one attached hydrogen (secondary N) is 1. The largest absolute Gasteiger partial charge is 0.494 e. The number of aliphatic hydroxyl groups excluding tert-OH is 1. The van der Waals surface area contributed by atoms with E-state index in [0.29, 0.717) is 12.4 Å². The minimum Gasteiger partial charge on any atom is -0.494 e. The van der Waals surface area contributed by atoms with Crippen molar-refractivity contribution >= 4 is 0 Å². The van der Waals surface area contributed by atoms with Crippen LogP contribution < -0.4 is 10.5 Å². The van der Waals surface area contributed by atoms with Crippen LogP contribution in [0.2, 0.25) is 0 Å². The van der Waals surface area contributed by atoms with Crippen LogP contribution in [-0.4, -0.2) is 28.3 Å². The predicted molar refractivity (Wildman–Crippen MR) is 73.9 cm³/mol. The van der Waals surface area contributed by atoms with E-state index in [2.05, 4.69) is 9.97 Å². The summed E-state index contributed by atoms with van der Waals surface area (Å²) in [6.07, 6.45) is 1.72. The van der Waals surface area contributed by atoms with Gasteiger partial charge in [-0.05, 0) is 37.6 Å². The molecule has 0 aliphatic heterocycles. The van der Waals surface area contributed by atoms with Crippen LogP contribution in [0.15, 0.2) is 24.4 Å². The van der Waals surface area contributed by atoms with Gasteiger partial charge in [-0.25, -0.2) is 4.98 Å². The molecule has 0 saturated carbocycles. The van der Waals surface area contributed by atoms with Gasteiger partial charge in [0.15, 0.2) is 0 Å². The number of aryl methyl sites for hydroxylation is 1. The molecule has 1 heterocycles. The number of aliphatic hydroxyl groups is 1. The molecule has 0 aliphatic rings. The molecule has 4 N–H and O–H groups in total. The summed E-state index contributed by atoms with van der Waals surface area (Å²) in [5.74, 6) is 1.47. The van der Waals surface area contributed by atoms with Gasteiger partial charge in [-0.2, -0.15) is 0 Å². The van der Waals surface area contributed by atoms with E-state index in [1.807, 2.05) is 32.0 Å². The van der Waals surface area contributed by atoms with Crippen molar-refractivity contribution < 1.29 is 9.84 Å². The van der Waals surface area contributed by atoms with Gasteiger partial charge in [-0.1, -0.05) is 0 Å². The van der Waals surface area contributed by atoms with Gasteiger partial charge in [0.1, 0.15) is 11.6 Å². The molecule has 0 saturated heterocycles. The van der Waals surface area contributed by atoms with Gasteiger partial charge in [0.2, 0.25) is 0 Å². The first-order chi connectivity index (χ1) is 9.15. The lowest BCUT2D eigenvalue weighted by Crippen LogP contribution is -2.15. The highest BCUT2D eigenvalue weighted by Crippen LogP contribution is 2.25. The number of hydrogen-bond acceptors (Lipinski definition) is 4. The third-order valence-electron chi connectivity index (χ3n) is 2.93. The van der Waals surface area contributed by atoms with Gasteiger partial charge >= 0.3 is 0 Å². The molecule has 0 aliphatic carbocycles. The SMILES string of the molecule is CCOc1ccc(-c2cnc(C(N)CO)[nH]2)cc1C. The normalized spacial score (nSPS) is 12.4. The Morgan fingerprint density at radius 1 is 1.47 bits per heavy atom. The predicted octanol–water partition coefficient (Wildman–Crippen LogP) is 1.78. The van der Waals surface area contributed by atoms with Crippen LogP contribution >= 0.6 is 0 Å². The monoisotopic (exact) mass is 261 g/mol. The first-order valence-corrected chi connectivity index (χ1v) is 6.30. The van der Waals surface area contributed by atoms with E-state index in [1.165, 1.54) is 0 Å². The number of aromatic amines is 1. The van der Waals surface area contributed by atoms with Crippen molar-refractivity contribution in [2.45, 2.75) is 19.9 Å². The quantitative estimate of drug-likeness (QED) is 0.766. The fraction of sp³-hybridized carbons (Fsp3) is 0.357. The van der Waals surface area contributed by atoms with Crippen molar-refractivity contribution in [3.8, 4) is 17.0 Å². The van der Waals surface area contributed by atoms with Gasteiger partial charge in [0.05, 0.1) is 31.1 Å². The highest BCUT2D eigenvalue weighted by atomic mass is 16.5. The van der Waals surface area contributed by atoms with Crippen molar-refractivity contribution in [3.05, 3.63) is 35.8 Å². The second-order valence-corrected chi connectivity index (χ2v) is 4.38. The maximum atomic E-state index is 9.01. The Morgan fingerprint density at radius 2 is 2.26 bits per heavy atom. The van der Waals surface area contributed by atoms with Gasteiger partial charge in [-0.3, -0.25) is 0 Å². The van der Waals surface area contributed by atoms with Crippen molar-refractivity contribution in [1.82, 2.24) is 9.97 Å². The van der Waals surface area contributed by atoms with E-state index in [0.717, 1.165) is 22.6 Å². The smallest absolute Gasteiger partial charge is 0.125 e. The summed E-state index contributed by atoms with van der Waals surface area (Å²) in [4.78, 5) is 7.30. The summed E-state index contributed by atoms with van der Waals surface area (Å²) < 4.78 is 5.51. The number of rotatable bonds is 5. The molecule has 2 aromatic rings. The molecule has 0 fully saturated rings. The summed E-state index contributed by atoms with van der Waals surface area (Å²) in [6, 6.07) is 5.48. The van der Waals surface area contributed by atoms with Gasteiger partial charge in [0, 0.05) is 5.56 Å². The number of ether oxygens (including phenoxy) is 1. The lowest BCUT2D eigenvalue weighted by Gasteiger charge is -2.08. The molecular weight excluding hydrogens is 242 g/mol. The number of H-pyrrole nitrogens is 1. The second-order valence-electron chi connectivity index (χ2n) is 4.38. The van der Waals surface area contributed by atoms with Crippen LogP contribution in [0.1, 0.15) is 24.4 Å². The Kier molecular flexibility index (Phi) is 4.19. The van der Waals surface area contributed by atoms with E-state index in [1.54, 1.807) is 6.20 Å². The van der Waals surface area contributed by atoms with Crippen molar-refractivity contribution in [2.24, 2.45) is 5.73 Å². The highest BCUT2D eigenvalue weighted by Gasteiger charge is 2.10. The molecule has 1 unspecified atom stereocenters. The van der Waals surface area contributed by atoms with Gasteiger partial charge in [-0.15, -0.1) is 0 Å². The molecule has 1 aromatic heterocycles. The molecule has 0 spiro atoms. The Labute approximate surface area is 112 Å². The number of nitrogens with zero attached hydrogens (tertiary/aromatic N) is 1. The molecular formula is C14H19N3O2. The summed E-state index contributed by atoms with van der Waals surface area (Å²) in [7, 11) is 0. The molecule has 0 radical (unpaired) electrons. The summed E-state index contributed by atoms with van der Waals surface area (Å²) in [6.45, 7) is 4.49. The van der Waals surface area contributed by atoms with Crippen molar-refractivity contribution in [2.75, 3.05) is 13.2 Å². The maximum absolute atomic E-state index is 9.01. The third kappa shape index (κ3) is 2.94. The average molecular weight is 261 g/mol. The van der Waals surface area contributed by atoms with Crippen LogP contribution in [0, 0.1) is 6.92 Å². The molecule has 1 atom stereocenters. The zero-order valence-corrected chi connectivity index (χ0v) is 11.2. The van der Waals surface area contributed by atoms with Crippen LogP contribution in [0.5, 0.6) is 5.75 Å². The number of benzene rings is 1. The fourth-order valence-electron chi connectivity index (χ4n) is 1.89. The Balaban J connectivity index is 2.27. The number of aromatic nitrogens is 2. The van der Waals surface area contributed by atoms with E-state index in [4.69, 9.17) is 15.6 Å². The van der Waals surface area contributed by atoms with E-state index in [9.17, 15) is 0 Å². The standard InChI is InChI=1S/C14H19N3O2/c1-3-19-13-5-4-10(6-9(13)2)12-7-16-14(17-12)11(15)8-18/h4-7,11,18H,3,8,15H2,1-2H3,(H,16,17). The topological polar surface area (TPSA) is 84.2 Å². The Hall–Kier alpha value is -1.85. The van der Waals surface area contributed by atoms with Crippen LogP contribution in [0.4, 0.5) is 0 Å². The lowest BCUT2D eigenvalue weighted by atomic mass is 10.1. The van der Waals surface area contributed by atoms with E-state index >= 15 is 0 Å². The van der Waals surface area contributed by atoms with Crippen molar-refractivity contribution in [1.29, 1.82) is 0 Å². The summed E-state index contributed by atoms with van der Waals surface area (Å²) in [5, 5.41) is 9.01. The minimum atomic E-state index is -0.474. The Bertz CT molecular complexity index is 551. The first kappa shape index (κ1) is 13.6. The fourth-order valence-corrected chi connectivity index (χ4v) is 1.89. The van der Waals surface area contributed by atoms with Crippen LogP contribution in [-0.2, 0) is 0 Å². The molecule has 5 nitrogen and oxygen atoms in total. The minimum absolute atomic E-state index is 0.130. The summed E-state index contributed by atoms with van der Waals surface area (Å²) >= 11 is 0. The number of hydrogen-bond donors (Lipinski definition) is 3. The number of nitrogens with two attached hydrogens (primary N) is 1. The molecule has 19 heavy (non-hydrogen) atoms. The molecule has 0 bridgehead atoms. The van der Waals surface area contributed by atoms with Gasteiger partial charge < -0.3 is 20.6 Å². The molecule has 5 heteroatoms. The first-order valence-electron chi connectivity index (χ1n) is 6.30. The molecule has 0 amide bonds. The summed E-state index contributed by atoms with van der Waals surface area (Å²) in [5.41, 5.74) is 8.68. The van der Waals surface area contributed by atoms with Crippen LogP contribution in [0.3, 0.4) is 0 Å². The molecule has 1 aromatic carbocycles. The van der Waals surface area contributed by atoms with E-state index in [-0.39, 0.29) is 6.61 Å². The maximum Gasteiger partial charge on any atom is 0.125 e. The van der Waals surface area contributed by atoms with Gasteiger partial charge in [0.25, 0.3) is 0 Å². The lowest BCUT2D eigenvalue weighted by molar-refractivity contribution is 0.264. The number of imidazole rings is 1. The van der Waals surface area contributed by atoms with E-state index < -0.39 is 6.04 Å². The Morgan fingerprint density at radius 3 is 2.89 bits per heavy atom. The zero-order valence-electron chi connectivity index (χ0n) is 11.2. The van der Waals surface area contributed by atoms with Crippen molar-refractivity contribution in [3.63, 3.8) is 0 Å².